The van der Waals surface area contributed by atoms with Crippen molar-refractivity contribution in [3.63, 3.8) is 0 Å². The molecule has 2 atom stereocenters. The van der Waals surface area contributed by atoms with Gasteiger partial charge in [0.2, 0.25) is 0 Å². The van der Waals surface area contributed by atoms with Crippen molar-refractivity contribution < 1.29 is 19.0 Å². The van der Waals surface area contributed by atoms with Gasteiger partial charge in [0.15, 0.2) is 0 Å². The summed E-state index contributed by atoms with van der Waals surface area (Å²) in [6.07, 6.45) is -0.713. The molecule has 1 aromatic carbocycles. The van der Waals surface area contributed by atoms with Gasteiger partial charge in [0, 0.05) is 13.1 Å². The van der Waals surface area contributed by atoms with Gasteiger partial charge in [0.1, 0.15) is 5.82 Å². The molecule has 0 spiro atoms. The zero-order valence-electron chi connectivity index (χ0n) is 11.5. The average molecular weight is 269 g/mol. The minimum absolute atomic E-state index is 0.254. The predicted octanol–water partition coefficient (Wildman–Crippen LogP) is 1.60. The van der Waals surface area contributed by atoms with Gasteiger partial charge in [0.25, 0.3) is 0 Å². The van der Waals surface area contributed by atoms with E-state index in [1.807, 2.05) is 11.9 Å². The topological polar surface area (TPSA) is 49.8 Å². The molecule has 106 valence electrons. The Labute approximate surface area is 112 Å². The van der Waals surface area contributed by atoms with E-state index in [9.17, 15) is 14.3 Å². The van der Waals surface area contributed by atoms with E-state index < -0.39 is 6.10 Å². The molecule has 0 saturated carbocycles. The van der Waals surface area contributed by atoms with Crippen LogP contribution in [-0.4, -0.2) is 43.2 Å². The van der Waals surface area contributed by atoms with Crippen LogP contribution in [0.15, 0.2) is 24.3 Å². The summed E-state index contributed by atoms with van der Waals surface area (Å²) in [7, 11) is 3.17. The molecule has 1 N–H and O–H groups in total. The molecule has 5 heteroatoms. The van der Waals surface area contributed by atoms with Crippen LogP contribution in [0.1, 0.15) is 18.6 Å². The SMILES string of the molecule is COC(=O)C(C)CN(C)CC(O)c1ccc(F)cc1. The highest BCUT2D eigenvalue weighted by Gasteiger charge is 2.17. The lowest BCUT2D eigenvalue weighted by atomic mass is 10.1. The molecule has 0 aliphatic rings. The monoisotopic (exact) mass is 269 g/mol. The zero-order valence-corrected chi connectivity index (χ0v) is 11.5. The Kier molecular flexibility index (Phi) is 5.92. The second kappa shape index (κ2) is 7.21. The fourth-order valence-electron chi connectivity index (χ4n) is 1.90. The van der Waals surface area contributed by atoms with Crippen molar-refractivity contribution in [3.05, 3.63) is 35.6 Å². The van der Waals surface area contributed by atoms with Crippen LogP contribution < -0.4 is 0 Å². The lowest BCUT2D eigenvalue weighted by Gasteiger charge is -2.23. The normalized spacial score (nSPS) is 14.2. The second-order valence-corrected chi connectivity index (χ2v) is 4.71. The smallest absolute Gasteiger partial charge is 0.309 e. The molecule has 1 rings (SSSR count). The van der Waals surface area contributed by atoms with Crippen molar-refractivity contribution in [2.45, 2.75) is 13.0 Å². The molecule has 0 saturated heterocycles. The maximum atomic E-state index is 12.8. The Bertz CT molecular complexity index is 408. The van der Waals surface area contributed by atoms with E-state index in [4.69, 9.17) is 0 Å². The number of carbonyl (C=O) groups is 1. The molecule has 0 aliphatic carbocycles. The first-order valence-corrected chi connectivity index (χ1v) is 6.14. The van der Waals surface area contributed by atoms with Gasteiger partial charge in [-0.15, -0.1) is 0 Å². The molecule has 19 heavy (non-hydrogen) atoms. The first kappa shape index (κ1) is 15.6. The minimum Gasteiger partial charge on any atom is -0.469 e. The van der Waals surface area contributed by atoms with E-state index in [2.05, 4.69) is 4.74 Å². The number of esters is 1. The number of aliphatic hydroxyl groups is 1. The number of hydrogen-bond acceptors (Lipinski definition) is 4. The quantitative estimate of drug-likeness (QED) is 0.797. The summed E-state index contributed by atoms with van der Waals surface area (Å²) in [5.74, 6) is -0.859. The first-order valence-electron chi connectivity index (χ1n) is 6.14. The van der Waals surface area contributed by atoms with Crippen molar-refractivity contribution in [2.75, 3.05) is 27.2 Å². The van der Waals surface area contributed by atoms with E-state index in [1.54, 1.807) is 19.1 Å². The molecule has 0 radical (unpaired) electrons. The Hall–Kier alpha value is -1.46. The number of carbonyl (C=O) groups excluding carboxylic acids is 1. The van der Waals surface area contributed by atoms with E-state index in [0.29, 0.717) is 18.7 Å². The largest absolute Gasteiger partial charge is 0.469 e. The summed E-state index contributed by atoms with van der Waals surface area (Å²) in [5.41, 5.74) is 0.652. The van der Waals surface area contributed by atoms with Crippen LogP contribution in [0.2, 0.25) is 0 Å². The summed E-state index contributed by atoms with van der Waals surface area (Å²) in [6.45, 7) is 2.63. The molecular formula is C14H20FNO3. The molecule has 4 nitrogen and oxygen atoms in total. The first-order chi connectivity index (χ1) is 8.93. The van der Waals surface area contributed by atoms with Gasteiger partial charge < -0.3 is 14.7 Å². The minimum atomic E-state index is -0.713. The van der Waals surface area contributed by atoms with Gasteiger partial charge in [-0.1, -0.05) is 19.1 Å². The van der Waals surface area contributed by atoms with Crippen LogP contribution in [0.5, 0.6) is 0 Å². The Morgan fingerprint density at radius 1 is 1.37 bits per heavy atom. The van der Waals surface area contributed by atoms with Gasteiger partial charge >= 0.3 is 5.97 Å². The van der Waals surface area contributed by atoms with Crippen molar-refractivity contribution >= 4 is 5.97 Å². The van der Waals surface area contributed by atoms with Gasteiger partial charge in [-0.2, -0.15) is 0 Å². The van der Waals surface area contributed by atoms with Crippen molar-refractivity contribution in [2.24, 2.45) is 5.92 Å². The highest BCUT2D eigenvalue weighted by atomic mass is 19.1. The highest BCUT2D eigenvalue weighted by Crippen LogP contribution is 2.15. The number of rotatable bonds is 6. The fraction of sp³-hybridized carbons (Fsp3) is 0.500. The number of methoxy groups -OCH3 is 1. The van der Waals surface area contributed by atoms with E-state index in [-0.39, 0.29) is 17.7 Å². The molecular weight excluding hydrogens is 249 g/mol. The molecule has 0 aliphatic heterocycles. The molecule has 0 bridgehead atoms. The zero-order chi connectivity index (χ0) is 14.4. The molecule has 0 heterocycles. The number of halogens is 1. The maximum Gasteiger partial charge on any atom is 0.309 e. The second-order valence-electron chi connectivity index (χ2n) is 4.71. The third kappa shape index (κ3) is 4.96. The van der Waals surface area contributed by atoms with Crippen LogP contribution in [0.25, 0.3) is 0 Å². The Morgan fingerprint density at radius 2 is 1.95 bits per heavy atom. The molecule has 0 amide bonds. The average Bonchev–Trinajstić information content (AvgIpc) is 2.38. The number of aliphatic hydroxyl groups excluding tert-OH is 1. The van der Waals surface area contributed by atoms with Crippen molar-refractivity contribution in [1.29, 1.82) is 0 Å². The number of benzene rings is 1. The summed E-state index contributed by atoms with van der Waals surface area (Å²) in [6, 6.07) is 5.74. The molecule has 0 aromatic heterocycles. The summed E-state index contributed by atoms with van der Waals surface area (Å²) in [5, 5.41) is 10.0. The van der Waals surface area contributed by atoms with E-state index in [0.717, 1.165) is 0 Å². The molecule has 0 fully saturated rings. The third-order valence-corrected chi connectivity index (χ3v) is 2.93. The fourth-order valence-corrected chi connectivity index (χ4v) is 1.90. The van der Waals surface area contributed by atoms with Crippen LogP contribution in [0, 0.1) is 11.7 Å². The van der Waals surface area contributed by atoms with Crippen LogP contribution in [0.3, 0.4) is 0 Å². The lowest BCUT2D eigenvalue weighted by molar-refractivity contribution is -0.145. The number of likely N-dealkylation sites (N-methyl/N-ethyl adjacent to an activating group) is 1. The number of ether oxygens (including phenoxy) is 1. The number of nitrogens with zero attached hydrogens (tertiary/aromatic N) is 1. The summed E-state index contributed by atoms with van der Waals surface area (Å²) in [4.78, 5) is 13.1. The molecule has 2 unspecified atom stereocenters. The van der Waals surface area contributed by atoms with Gasteiger partial charge in [-0.05, 0) is 24.7 Å². The van der Waals surface area contributed by atoms with Gasteiger partial charge in [-0.3, -0.25) is 4.79 Å². The van der Waals surface area contributed by atoms with Gasteiger partial charge in [0.05, 0.1) is 19.1 Å². The Balaban J connectivity index is 2.49. The predicted molar refractivity (Wildman–Crippen MR) is 70.0 cm³/mol. The highest BCUT2D eigenvalue weighted by molar-refractivity contribution is 5.72. The van der Waals surface area contributed by atoms with Crippen LogP contribution >= 0.6 is 0 Å². The number of hydrogen-bond donors (Lipinski definition) is 1. The summed E-state index contributed by atoms with van der Waals surface area (Å²) < 4.78 is 17.4. The van der Waals surface area contributed by atoms with Gasteiger partial charge in [-0.25, -0.2) is 4.39 Å². The van der Waals surface area contributed by atoms with Crippen molar-refractivity contribution in [1.82, 2.24) is 4.90 Å². The maximum absolute atomic E-state index is 12.8. The van der Waals surface area contributed by atoms with E-state index >= 15 is 0 Å². The summed E-state index contributed by atoms with van der Waals surface area (Å²) >= 11 is 0. The lowest BCUT2D eigenvalue weighted by Crippen LogP contribution is -2.32. The third-order valence-electron chi connectivity index (χ3n) is 2.93. The standard InChI is InChI=1S/C14H20FNO3/c1-10(14(18)19-3)8-16(2)9-13(17)11-4-6-12(15)7-5-11/h4-7,10,13,17H,8-9H2,1-3H3. The Morgan fingerprint density at radius 3 is 2.47 bits per heavy atom. The molecule has 1 aromatic rings. The van der Waals surface area contributed by atoms with Crippen molar-refractivity contribution in [3.8, 4) is 0 Å². The van der Waals surface area contributed by atoms with E-state index in [1.165, 1.54) is 19.2 Å². The van der Waals surface area contributed by atoms with Crippen LogP contribution in [-0.2, 0) is 9.53 Å². The van der Waals surface area contributed by atoms with Crippen LogP contribution in [0.4, 0.5) is 4.39 Å².